The number of halogens is 3. The Labute approximate surface area is 131 Å². The van der Waals surface area contributed by atoms with E-state index in [0.29, 0.717) is 11.8 Å². The Morgan fingerprint density at radius 2 is 1.83 bits per heavy atom. The lowest BCUT2D eigenvalue weighted by molar-refractivity contribution is -0.385. The van der Waals surface area contributed by atoms with E-state index in [4.69, 9.17) is 5.11 Å². The maximum absolute atomic E-state index is 12.9. The molecule has 0 saturated heterocycles. The van der Waals surface area contributed by atoms with Crippen LogP contribution in [-0.4, -0.2) is 16.0 Å². The fourth-order valence-electron chi connectivity index (χ4n) is 1.83. The summed E-state index contributed by atoms with van der Waals surface area (Å²) >= 11 is 0.687. The third-order valence-corrected chi connectivity index (χ3v) is 3.88. The van der Waals surface area contributed by atoms with Gasteiger partial charge in [0.05, 0.1) is 10.5 Å². The fourth-order valence-corrected chi connectivity index (χ4v) is 2.83. The van der Waals surface area contributed by atoms with E-state index >= 15 is 0 Å². The van der Waals surface area contributed by atoms with Gasteiger partial charge in [0.25, 0.3) is 5.69 Å². The van der Waals surface area contributed by atoms with Crippen molar-refractivity contribution in [2.24, 2.45) is 0 Å². The Bertz CT molecular complexity index is 777. The van der Waals surface area contributed by atoms with E-state index in [2.05, 4.69) is 0 Å². The van der Waals surface area contributed by atoms with Crippen molar-refractivity contribution < 1.29 is 28.0 Å². The molecule has 0 amide bonds. The van der Waals surface area contributed by atoms with Crippen LogP contribution in [0, 0.1) is 10.1 Å². The molecule has 1 N–H and O–H groups in total. The standard InChI is InChI=1S/C14H8F3NO4S/c15-14(16,17)10-3-1-2-4-12(10)23-8-5-6-11(18(21)22)9(7-8)13(19)20/h1-7H,(H,19,20). The van der Waals surface area contributed by atoms with E-state index in [1.165, 1.54) is 24.3 Å². The van der Waals surface area contributed by atoms with Crippen LogP contribution in [0.1, 0.15) is 15.9 Å². The fraction of sp³-hybridized carbons (Fsp3) is 0.0714. The first-order chi connectivity index (χ1) is 10.7. The molecule has 0 fully saturated rings. The van der Waals surface area contributed by atoms with Crippen LogP contribution in [0.3, 0.4) is 0 Å². The second-order valence-corrected chi connectivity index (χ2v) is 5.45. The van der Waals surface area contributed by atoms with Crippen LogP contribution >= 0.6 is 11.8 Å². The third kappa shape index (κ3) is 3.81. The van der Waals surface area contributed by atoms with Gasteiger partial charge in [-0.15, -0.1) is 0 Å². The first-order valence-electron chi connectivity index (χ1n) is 6.06. The van der Waals surface area contributed by atoms with E-state index in [-0.39, 0.29) is 9.79 Å². The van der Waals surface area contributed by atoms with Crippen LogP contribution in [0.2, 0.25) is 0 Å². The zero-order valence-electron chi connectivity index (χ0n) is 11.2. The molecule has 120 valence electrons. The Morgan fingerprint density at radius 1 is 1.17 bits per heavy atom. The lowest BCUT2D eigenvalue weighted by atomic mass is 10.2. The summed E-state index contributed by atoms with van der Waals surface area (Å²) in [6, 6.07) is 7.97. The van der Waals surface area contributed by atoms with Gasteiger partial charge in [-0.3, -0.25) is 10.1 Å². The molecule has 0 heterocycles. The summed E-state index contributed by atoms with van der Waals surface area (Å²) in [7, 11) is 0. The van der Waals surface area contributed by atoms with E-state index in [1.54, 1.807) is 0 Å². The molecule has 2 aromatic rings. The van der Waals surface area contributed by atoms with Crippen LogP contribution in [-0.2, 0) is 6.18 Å². The van der Waals surface area contributed by atoms with Crippen molar-refractivity contribution in [3.8, 4) is 0 Å². The molecule has 0 spiro atoms. The molecule has 0 unspecified atom stereocenters. The minimum atomic E-state index is -4.56. The summed E-state index contributed by atoms with van der Waals surface area (Å²) < 4.78 is 38.8. The molecular weight excluding hydrogens is 335 g/mol. The quantitative estimate of drug-likeness (QED) is 0.655. The zero-order valence-corrected chi connectivity index (χ0v) is 12.0. The number of carboxylic acid groups (broad SMARTS) is 1. The van der Waals surface area contributed by atoms with Gasteiger partial charge in [0.1, 0.15) is 5.56 Å². The van der Waals surface area contributed by atoms with Crippen LogP contribution in [0.25, 0.3) is 0 Å². The molecule has 2 rings (SSSR count). The number of benzene rings is 2. The maximum atomic E-state index is 12.9. The molecule has 9 heteroatoms. The largest absolute Gasteiger partial charge is 0.477 e. The van der Waals surface area contributed by atoms with Crippen LogP contribution in [0.15, 0.2) is 52.3 Å². The third-order valence-electron chi connectivity index (χ3n) is 2.82. The highest BCUT2D eigenvalue weighted by Gasteiger charge is 2.33. The van der Waals surface area contributed by atoms with Crippen molar-refractivity contribution in [3.05, 3.63) is 63.7 Å². The maximum Gasteiger partial charge on any atom is 0.417 e. The molecule has 0 atom stereocenters. The molecular formula is C14H8F3NO4S. The number of nitrogens with zero attached hydrogens (tertiary/aromatic N) is 1. The van der Waals surface area contributed by atoms with Crippen molar-refractivity contribution in [1.82, 2.24) is 0 Å². The number of rotatable bonds is 4. The van der Waals surface area contributed by atoms with Crippen molar-refractivity contribution >= 4 is 23.4 Å². The van der Waals surface area contributed by atoms with Gasteiger partial charge in [-0.1, -0.05) is 23.9 Å². The smallest absolute Gasteiger partial charge is 0.417 e. The van der Waals surface area contributed by atoms with E-state index in [1.807, 2.05) is 0 Å². The summed E-state index contributed by atoms with van der Waals surface area (Å²) in [5.41, 5.74) is -2.06. The molecule has 0 radical (unpaired) electrons. The highest BCUT2D eigenvalue weighted by Crippen LogP contribution is 2.40. The van der Waals surface area contributed by atoms with Gasteiger partial charge in [-0.2, -0.15) is 13.2 Å². The Hall–Kier alpha value is -2.55. The monoisotopic (exact) mass is 343 g/mol. The number of nitro groups is 1. The van der Waals surface area contributed by atoms with Gasteiger partial charge in [-0.25, -0.2) is 4.79 Å². The Kier molecular flexibility index (Phi) is 4.60. The summed E-state index contributed by atoms with van der Waals surface area (Å²) in [6.07, 6.45) is -4.56. The van der Waals surface area contributed by atoms with Crippen LogP contribution in [0.5, 0.6) is 0 Å². The summed E-state index contributed by atoms with van der Waals surface area (Å²) in [5, 5.41) is 19.8. The topological polar surface area (TPSA) is 80.4 Å². The normalized spacial score (nSPS) is 11.3. The highest BCUT2D eigenvalue weighted by atomic mass is 32.2. The number of nitro benzene ring substituents is 1. The molecule has 0 aliphatic rings. The van der Waals surface area contributed by atoms with Crippen LogP contribution in [0.4, 0.5) is 18.9 Å². The predicted molar refractivity (Wildman–Crippen MR) is 75.6 cm³/mol. The number of carbonyl (C=O) groups is 1. The minimum Gasteiger partial charge on any atom is -0.477 e. The lowest BCUT2D eigenvalue weighted by Crippen LogP contribution is -2.06. The number of alkyl halides is 3. The van der Waals surface area contributed by atoms with Gasteiger partial charge in [0.2, 0.25) is 0 Å². The average Bonchev–Trinajstić information content (AvgIpc) is 2.46. The van der Waals surface area contributed by atoms with Crippen molar-refractivity contribution in [2.45, 2.75) is 16.0 Å². The summed E-state index contributed by atoms with van der Waals surface area (Å²) in [4.78, 5) is 21.0. The van der Waals surface area contributed by atoms with E-state index < -0.39 is 33.9 Å². The number of hydrogen-bond acceptors (Lipinski definition) is 4. The number of carboxylic acids is 1. The van der Waals surface area contributed by atoms with Gasteiger partial charge in [0, 0.05) is 15.9 Å². The second kappa shape index (κ2) is 6.29. The predicted octanol–water partition coefficient (Wildman–Crippen LogP) is 4.46. The first kappa shape index (κ1) is 16.8. The highest BCUT2D eigenvalue weighted by molar-refractivity contribution is 7.99. The molecule has 0 aromatic heterocycles. The van der Waals surface area contributed by atoms with Crippen molar-refractivity contribution in [2.75, 3.05) is 0 Å². The number of hydrogen-bond donors (Lipinski definition) is 1. The van der Waals surface area contributed by atoms with Crippen molar-refractivity contribution in [3.63, 3.8) is 0 Å². The molecule has 5 nitrogen and oxygen atoms in total. The SMILES string of the molecule is O=C(O)c1cc(Sc2ccccc2C(F)(F)F)ccc1[N+](=O)[O-]. The van der Waals surface area contributed by atoms with Crippen LogP contribution < -0.4 is 0 Å². The lowest BCUT2D eigenvalue weighted by Gasteiger charge is -2.12. The first-order valence-corrected chi connectivity index (χ1v) is 6.87. The van der Waals surface area contributed by atoms with Gasteiger partial charge in [-0.05, 0) is 24.3 Å². The molecule has 23 heavy (non-hydrogen) atoms. The average molecular weight is 343 g/mol. The summed E-state index contributed by atoms with van der Waals surface area (Å²) in [5.74, 6) is -1.52. The molecule has 0 bridgehead atoms. The summed E-state index contributed by atoms with van der Waals surface area (Å²) in [6.45, 7) is 0. The van der Waals surface area contributed by atoms with Gasteiger partial charge < -0.3 is 5.11 Å². The van der Waals surface area contributed by atoms with E-state index in [9.17, 15) is 28.1 Å². The second-order valence-electron chi connectivity index (χ2n) is 4.34. The Morgan fingerprint density at radius 3 is 2.39 bits per heavy atom. The van der Waals surface area contributed by atoms with Gasteiger partial charge >= 0.3 is 12.1 Å². The molecule has 0 saturated carbocycles. The van der Waals surface area contributed by atoms with Gasteiger partial charge in [0.15, 0.2) is 0 Å². The minimum absolute atomic E-state index is 0.120. The number of aromatic carboxylic acids is 1. The van der Waals surface area contributed by atoms with E-state index in [0.717, 1.165) is 18.2 Å². The molecule has 0 aliphatic carbocycles. The zero-order chi connectivity index (χ0) is 17.2. The molecule has 2 aromatic carbocycles. The Balaban J connectivity index is 2.45. The molecule has 0 aliphatic heterocycles. The van der Waals surface area contributed by atoms with Crippen molar-refractivity contribution in [1.29, 1.82) is 0 Å².